The van der Waals surface area contributed by atoms with Gasteiger partial charge >= 0.3 is 0 Å². The molecule has 0 aliphatic carbocycles. The molecular weight excluding hydrogens is 302 g/mol. The van der Waals surface area contributed by atoms with Crippen molar-refractivity contribution in [3.05, 3.63) is 53.1 Å². The number of methoxy groups -OCH3 is 1. The number of nitrogens with zero attached hydrogens (tertiary/aromatic N) is 1. The smallest absolute Gasteiger partial charge is 0.231 e. The van der Waals surface area contributed by atoms with E-state index >= 15 is 0 Å². The standard InChI is InChI=1S/C20H23NO3/c1-3-21-9-8-15-11-19-20(24-13-23-19)12-17(15)18(21)10-14-4-6-16(22-2)7-5-14/h4-7,11-12,18H,3,8-10,13H2,1-2H3. The van der Waals surface area contributed by atoms with Gasteiger partial charge in [0.15, 0.2) is 11.5 Å². The van der Waals surface area contributed by atoms with Crippen molar-refractivity contribution in [3.8, 4) is 17.2 Å². The van der Waals surface area contributed by atoms with Crippen LogP contribution in [0.25, 0.3) is 0 Å². The minimum Gasteiger partial charge on any atom is -0.497 e. The number of ether oxygens (including phenoxy) is 3. The first-order chi connectivity index (χ1) is 11.8. The number of fused-ring (bicyclic) bond motifs is 2. The molecule has 2 aliphatic heterocycles. The van der Waals surface area contributed by atoms with Crippen LogP contribution in [0.3, 0.4) is 0 Å². The molecule has 0 fully saturated rings. The fourth-order valence-electron chi connectivity index (χ4n) is 3.75. The summed E-state index contributed by atoms with van der Waals surface area (Å²) in [5.74, 6) is 2.67. The van der Waals surface area contributed by atoms with Crippen LogP contribution in [0.15, 0.2) is 36.4 Å². The number of likely N-dealkylation sites (N-methyl/N-ethyl adjacent to an activating group) is 1. The van der Waals surface area contributed by atoms with Crippen LogP contribution in [0.1, 0.15) is 29.7 Å². The Morgan fingerprint density at radius 1 is 1.12 bits per heavy atom. The molecule has 0 saturated heterocycles. The maximum atomic E-state index is 5.60. The molecular formula is C20H23NO3. The van der Waals surface area contributed by atoms with E-state index in [2.05, 4.69) is 36.1 Å². The average molecular weight is 325 g/mol. The van der Waals surface area contributed by atoms with Crippen molar-refractivity contribution >= 4 is 0 Å². The largest absolute Gasteiger partial charge is 0.497 e. The fourth-order valence-corrected chi connectivity index (χ4v) is 3.75. The lowest BCUT2D eigenvalue weighted by atomic mass is 9.88. The Balaban J connectivity index is 1.67. The molecule has 2 aromatic rings. The summed E-state index contributed by atoms with van der Waals surface area (Å²) in [6, 6.07) is 13.1. The van der Waals surface area contributed by atoms with Crippen LogP contribution in [0.4, 0.5) is 0 Å². The van der Waals surface area contributed by atoms with Gasteiger partial charge in [-0.05, 0) is 60.3 Å². The van der Waals surface area contributed by atoms with E-state index in [1.165, 1.54) is 16.7 Å². The predicted molar refractivity (Wildman–Crippen MR) is 93.0 cm³/mol. The lowest BCUT2D eigenvalue weighted by molar-refractivity contribution is 0.173. The van der Waals surface area contributed by atoms with E-state index in [0.29, 0.717) is 12.8 Å². The monoisotopic (exact) mass is 325 g/mol. The molecule has 0 saturated carbocycles. The van der Waals surface area contributed by atoms with Gasteiger partial charge in [0.1, 0.15) is 5.75 Å². The maximum absolute atomic E-state index is 5.60. The van der Waals surface area contributed by atoms with Crippen LogP contribution >= 0.6 is 0 Å². The molecule has 4 heteroatoms. The molecule has 4 nitrogen and oxygen atoms in total. The van der Waals surface area contributed by atoms with Crippen molar-refractivity contribution in [1.82, 2.24) is 4.90 Å². The summed E-state index contributed by atoms with van der Waals surface area (Å²) in [5.41, 5.74) is 4.09. The molecule has 0 N–H and O–H groups in total. The van der Waals surface area contributed by atoms with Gasteiger partial charge in [0.2, 0.25) is 6.79 Å². The van der Waals surface area contributed by atoms with Crippen LogP contribution in [0.2, 0.25) is 0 Å². The molecule has 1 atom stereocenters. The van der Waals surface area contributed by atoms with Crippen molar-refractivity contribution in [3.63, 3.8) is 0 Å². The zero-order chi connectivity index (χ0) is 16.5. The number of hydrogen-bond donors (Lipinski definition) is 0. The topological polar surface area (TPSA) is 30.9 Å². The minimum absolute atomic E-state index is 0.332. The van der Waals surface area contributed by atoms with Gasteiger partial charge in [-0.15, -0.1) is 0 Å². The molecule has 1 unspecified atom stereocenters. The number of hydrogen-bond acceptors (Lipinski definition) is 4. The van der Waals surface area contributed by atoms with E-state index in [1.54, 1.807) is 7.11 Å². The van der Waals surface area contributed by atoms with Crippen molar-refractivity contribution in [2.45, 2.75) is 25.8 Å². The second-order valence-corrected chi connectivity index (χ2v) is 6.35. The van der Waals surface area contributed by atoms with Gasteiger partial charge < -0.3 is 14.2 Å². The van der Waals surface area contributed by atoms with E-state index in [9.17, 15) is 0 Å². The summed E-state index contributed by atoms with van der Waals surface area (Å²) in [5, 5.41) is 0. The highest BCUT2D eigenvalue weighted by atomic mass is 16.7. The molecule has 0 bridgehead atoms. The first kappa shape index (κ1) is 15.3. The van der Waals surface area contributed by atoms with E-state index < -0.39 is 0 Å². The molecule has 2 aliphatic rings. The molecule has 0 aromatic heterocycles. The fraction of sp³-hybridized carbons (Fsp3) is 0.400. The van der Waals surface area contributed by atoms with Crippen LogP contribution in [-0.4, -0.2) is 31.9 Å². The Labute approximate surface area is 142 Å². The third kappa shape index (κ3) is 2.71. The van der Waals surface area contributed by atoms with E-state index in [1.807, 2.05) is 12.1 Å². The average Bonchev–Trinajstić information content (AvgIpc) is 3.08. The maximum Gasteiger partial charge on any atom is 0.231 e. The second-order valence-electron chi connectivity index (χ2n) is 6.35. The van der Waals surface area contributed by atoms with Gasteiger partial charge in [0.05, 0.1) is 7.11 Å². The third-order valence-electron chi connectivity index (χ3n) is 5.10. The number of rotatable bonds is 4. The SMILES string of the molecule is CCN1CCc2cc3c(cc2C1Cc1ccc(OC)cc1)OCO3. The zero-order valence-electron chi connectivity index (χ0n) is 14.2. The van der Waals surface area contributed by atoms with Gasteiger partial charge in [-0.1, -0.05) is 19.1 Å². The Kier molecular flexibility index (Phi) is 4.07. The lowest BCUT2D eigenvalue weighted by Crippen LogP contribution is -2.36. The summed E-state index contributed by atoms with van der Waals surface area (Å²) in [7, 11) is 1.70. The van der Waals surface area contributed by atoms with E-state index in [0.717, 1.165) is 43.2 Å². The summed E-state index contributed by atoms with van der Waals surface area (Å²) in [4.78, 5) is 2.55. The molecule has 0 radical (unpaired) electrons. The summed E-state index contributed by atoms with van der Waals surface area (Å²) in [6.07, 6.45) is 2.06. The van der Waals surface area contributed by atoms with Gasteiger partial charge in [0.25, 0.3) is 0 Å². The zero-order valence-corrected chi connectivity index (χ0v) is 14.2. The molecule has 0 amide bonds. The predicted octanol–water partition coefficient (Wildman–Crippen LogP) is 3.59. The normalized spacial score (nSPS) is 19.2. The van der Waals surface area contributed by atoms with Crippen molar-refractivity contribution < 1.29 is 14.2 Å². The van der Waals surface area contributed by atoms with Gasteiger partial charge in [-0.25, -0.2) is 0 Å². The lowest BCUT2D eigenvalue weighted by Gasteiger charge is -2.37. The minimum atomic E-state index is 0.332. The van der Waals surface area contributed by atoms with E-state index in [-0.39, 0.29) is 0 Å². The quantitative estimate of drug-likeness (QED) is 0.860. The van der Waals surface area contributed by atoms with Gasteiger partial charge in [-0.3, -0.25) is 4.90 Å². The van der Waals surface area contributed by atoms with E-state index in [4.69, 9.17) is 14.2 Å². The van der Waals surface area contributed by atoms with Crippen molar-refractivity contribution in [1.29, 1.82) is 0 Å². The van der Waals surface area contributed by atoms with Crippen LogP contribution in [0, 0.1) is 0 Å². The molecule has 126 valence electrons. The summed E-state index contributed by atoms with van der Waals surface area (Å²) in [6.45, 7) is 4.70. The first-order valence-electron chi connectivity index (χ1n) is 8.58. The second kappa shape index (κ2) is 6.36. The molecule has 2 aromatic carbocycles. The van der Waals surface area contributed by atoms with Crippen molar-refractivity contribution in [2.75, 3.05) is 27.0 Å². The third-order valence-corrected chi connectivity index (χ3v) is 5.10. The highest BCUT2D eigenvalue weighted by Crippen LogP contribution is 2.41. The molecule has 24 heavy (non-hydrogen) atoms. The first-order valence-corrected chi connectivity index (χ1v) is 8.58. The summed E-state index contributed by atoms with van der Waals surface area (Å²) < 4.78 is 16.4. The van der Waals surface area contributed by atoms with Crippen LogP contribution < -0.4 is 14.2 Å². The Morgan fingerprint density at radius 3 is 2.58 bits per heavy atom. The Morgan fingerprint density at radius 2 is 1.88 bits per heavy atom. The van der Waals surface area contributed by atoms with Gasteiger partial charge in [0, 0.05) is 12.6 Å². The Hall–Kier alpha value is -2.20. The molecule has 0 spiro atoms. The summed E-state index contributed by atoms with van der Waals surface area (Å²) >= 11 is 0. The number of benzene rings is 2. The molecule has 4 rings (SSSR count). The van der Waals surface area contributed by atoms with Crippen molar-refractivity contribution in [2.24, 2.45) is 0 Å². The molecule has 2 heterocycles. The van der Waals surface area contributed by atoms with Crippen LogP contribution in [0.5, 0.6) is 17.2 Å². The Bertz CT molecular complexity index is 726. The highest BCUT2D eigenvalue weighted by Gasteiger charge is 2.29. The van der Waals surface area contributed by atoms with Crippen LogP contribution in [-0.2, 0) is 12.8 Å². The highest BCUT2D eigenvalue weighted by molar-refractivity contribution is 5.51. The van der Waals surface area contributed by atoms with Gasteiger partial charge in [-0.2, -0.15) is 0 Å².